The molecular weight excluding hydrogens is 427 g/mol. The number of non-ortho nitro benzene ring substituents is 1. The van der Waals surface area contributed by atoms with Gasteiger partial charge in [0, 0.05) is 17.2 Å². The van der Waals surface area contributed by atoms with Crippen molar-refractivity contribution in [1.29, 1.82) is 0 Å². The van der Waals surface area contributed by atoms with Crippen LogP contribution in [0, 0.1) is 10.1 Å². The molecule has 144 valence electrons. The Bertz CT molecular complexity index is 1130. The summed E-state index contributed by atoms with van der Waals surface area (Å²) >= 11 is 12.0. The van der Waals surface area contributed by atoms with E-state index in [4.69, 9.17) is 27.9 Å². The lowest BCUT2D eigenvalue weighted by atomic mass is 10.3. The van der Waals surface area contributed by atoms with E-state index >= 15 is 0 Å². The van der Waals surface area contributed by atoms with Crippen LogP contribution in [0.5, 0.6) is 11.5 Å². The molecule has 0 bridgehead atoms. The van der Waals surface area contributed by atoms with Crippen molar-refractivity contribution >= 4 is 44.6 Å². The summed E-state index contributed by atoms with van der Waals surface area (Å²) in [6.45, 7) is 0. The van der Waals surface area contributed by atoms with Gasteiger partial charge in [-0.15, -0.1) is 0 Å². The predicted octanol–water partition coefficient (Wildman–Crippen LogP) is 5.49. The first-order valence-corrected chi connectivity index (χ1v) is 9.99. The summed E-state index contributed by atoms with van der Waals surface area (Å²) in [5.41, 5.74) is -0.0352. The van der Waals surface area contributed by atoms with Crippen molar-refractivity contribution in [2.24, 2.45) is 0 Å². The molecule has 0 unspecified atom stereocenters. The molecule has 0 aliphatic heterocycles. The lowest BCUT2D eigenvalue weighted by Gasteiger charge is -2.14. The topological polar surface area (TPSA) is 98.5 Å². The lowest BCUT2D eigenvalue weighted by Crippen LogP contribution is -2.13. The largest absolute Gasteiger partial charge is 0.454 e. The van der Waals surface area contributed by atoms with E-state index in [1.807, 2.05) is 0 Å². The fourth-order valence-electron chi connectivity index (χ4n) is 2.27. The van der Waals surface area contributed by atoms with Crippen molar-refractivity contribution < 1.29 is 18.1 Å². The minimum absolute atomic E-state index is 0.127. The molecule has 0 fully saturated rings. The molecule has 0 amide bonds. The van der Waals surface area contributed by atoms with Crippen molar-refractivity contribution in [2.45, 2.75) is 4.90 Å². The highest BCUT2D eigenvalue weighted by atomic mass is 35.5. The third-order valence-corrected chi connectivity index (χ3v) is 5.51. The molecule has 0 saturated heterocycles. The number of rotatable bonds is 6. The van der Waals surface area contributed by atoms with Crippen LogP contribution in [0.15, 0.2) is 71.6 Å². The summed E-state index contributed by atoms with van der Waals surface area (Å²) in [7, 11) is -3.99. The molecule has 3 aromatic rings. The number of sulfonamides is 1. The van der Waals surface area contributed by atoms with Crippen LogP contribution in [0.4, 0.5) is 11.4 Å². The number of nitrogens with one attached hydrogen (secondary N) is 1. The highest BCUT2D eigenvalue weighted by molar-refractivity contribution is 7.92. The van der Waals surface area contributed by atoms with Crippen LogP contribution < -0.4 is 9.46 Å². The van der Waals surface area contributed by atoms with Crippen LogP contribution in [0.3, 0.4) is 0 Å². The van der Waals surface area contributed by atoms with Gasteiger partial charge >= 0.3 is 0 Å². The Balaban J connectivity index is 1.89. The zero-order chi connectivity index (χ0) is 20.3. The molecule has 0 aromatic heterocycles. The summed E-state index contributed by atoms with van der Waals surface area (Å²) in [5, 5.41) is 11.4. The predicted molar refractivity (Wildman–Crippen MR) is 107 cm³/mol. The van der Waals surface area contributed by atoms with Gasteiger partial charge in [0.2, 0.25) is 0 Å². The van der Waals surface area contributed by atoms with E-state index in [-0.39, 0.29) is 27.0 Å². The van der Waals surface area contributed by atoms with Gasteiger partial charge in [0.05, 0.1) is 20.5 Å². The molecule has 3 rings (SSSR count). The van der Waals surface area contributed by atoms with Gasteiger partial charge in [0.25, 0.3) is 15.7 Å². The third-order valence-electron chi connectivity index (χ3n) is 3.60. The molecule has 0 radical (unpaired) electrons. The molecule has 0 atom stereocenters. The summed E-state index contributed by atoms with van der Waals surface area (Å²) in [5.74, 6) is 0.519. The first-order chi connectivity index (χ1) is 13.3. The van der Waals surface area contributed by atoms with Gasteiger partial charge in [-0.3, -0.25) is 14.8 Å². The van der Waals surface area contributed by atoms with Gasteiger partial charge in [-0.05, 0) is 42.5 Å². The zero-order valence-corrected chi connectivity index (χ0v) is 16.3. The third kappa shape index (κ3) is 4.53. The molecule has 10 heteroatoms. The number of hydrogen-bond acceptors (Lipinski definition) is 5. The minimum atomic E-state index is -3.99. The summed E-state index contributed by atoms with van der Waals surface area (Å²) in [6, 6.07) is 15.6. The van der Waals surface area contributed by atoms with Gasteiger partial charge in [0.1, 0.15) is 5.75 Å². The normalized spacial score (nSPS) is 11.1. The number of nitrogens with zero attached hydrogens (tertiary/aromatic N) is 1. The number of hydrogen-bond donors (Lipinski definition) is 1. The SMILES string of the molecule is O=[N+]([O-])c1ccc(S(=O)(=O)Nc2ccccc2Oc2ccc(Cl)cc2Cl)cc1. The van der Waals surface area contributed by atoms with E-state index in [0.29, 0.717) is 10.8 Å². The van der Waals surface area contributed by atoms with E-state index in [9.17, 15) is 18.5 Å². The van der Waals surface area contributed by atoms with E-state index < -0.39 is 14.9 Å². The van der Waals surface area contributed by atoms with Crippen molar-refractivity contribution in [3.63, 3.8) is 0 Å². The van der Waals surface area contributed by atoms with Gasteiger partial charge < -0.3 is 4.74 Å². The smallest absolute Gasteiger partial charge is 0.269 e. The van der Waals surface area contributed by atoms with Crippen LogP contribution in [0.25, 0.3) is 0 Å². The number of benzene rings is 3. The summed E-state index contributed by atoms with van der Waals surface area (Å²) in [4.78, 5) is 9.99. The Morgan fingerprint density at radius 1 is 0.929 bits per heavy atom. The number of ether oxygens (including phenoxy) is 1. The summed E-state index contributed by atoms with van der Waals surface area (Å²) in [6.07, 6.45) is 0. The van der Waals surface area contributed by atoms with Crippen LogP contribution >= 0.6 is 23.2 Å². The summed E-state index contributed by atoms with van der Waals surface area (Å²) < 4.78 is 33.4. The van der Waals surface area contributed by atoms with Gasteiger partial charge in [-0.1, -0.05) is 35.3 Å². The maximum atomic E-state index is 12.6. The fraction of sp³-hybridized carbons (Fsp3) is 0. The molecule has 7 nitrogen and oxygen atoms in total. The molecule has 0 aliphatic rings. The molecule has 28 heavy (non-hydrogen) atoms. The van der Waals surface area contributed by atoms with E-state index in [2.05, 4.69) is 4.72 Å². The molecule has 0 heterocycles. The minimum Gasteiger partial charge on any atom is -0.454 e. The number of nitro groups is 1. The molecule has 0 spiro atoms. The quantitative estimate of drug-likeness (QED) is 0.404. The Kier molecular flexibility index (Phi) is 5.73. The first-order valence-electron chi connectivity index (χ1n) is 7.75. The highest BCUT2D eigenvalue weighted by Crippen LogP contribution is 2.35. The molecular formula is C18H12Cl2N2O5S. The van der Waals surface area contributed by atoms with Crippen LogP contribution in [-0.2, 0) is 10.0 Å². The number of halogens is 2. The number of anilines is 1. The molecule has 1 N–H and O–H groups in total. The number of para-hydroxylation sites is 2. The average Bonchev–Trinajstić information content (AvgIpc) is 2.65. The van der Waals surface area contributed by atoms with Crippen molar-refractivity contribution in [2.75, 3.05) is 4.72 Å². The second-order valence-electron chi connectivity index (χ2n) is 5.53. The Hall–Kier alpha value is -2.81. The Labute approximate surface area is 170 Å². The zero-order valence-electron chi connectivity index (χ0n) is 14.0. The molecule has 0 saturated carbocycles. The second kappa shape index (κ2) is 8.05. The van der Waals surface area contributed by atoms with Crippen LogP contribution in [0.2, 0.25) is 10.0 Å². The fourth-order valence-corrected chi connectivity index (χ4v) is 3.78. The second-order valence-corrected chi connectivity index (χ2v) is 8.06. The van der Waals surface area contributed by atoms with Crippen LogP contribution in [0.1, 0.15) is 0 Å². The van der Waals surface area contributed by atoms with E-state index in [1.54, 1.807) is 30.3 Å². The average molecular weight is 439 g/mol. The Morgan fingerprint density at radius 3 is 2.25 bits per heavy atom. The van der Waals surface area contributed by atoms with Crippen molar-refractivity contribution in [1.82, 2.24) is 0 Å². The molecule has 3 aromatic carbocycles. The lowest BCUT2D eigenvalue weighted by molar-refractivity contribution is -0.384. The Morgan fingerprint density at radius 2 is 1.61 bits per heavy atom. The monoisotopic (exact) mass is 438 g/mol. The molecule has 0 aliphatic carbocycles. The van der Waals surface area contributed by atoms with Gasteiger partial charge in [-0.2, -0.15) is 0 Å². The van der Waals surface area contributed by atoms with Gasteiger partial charge in [0.15, 0.2) is 5.75 Å². The van der Waals surface area contributed by atoms with E-state index in [0.717, 1.165) is 24.3 Å². The highest BCUT2D eigenvalue weighted by Gasteiger charge is 2.18. The van der Waals surface area contributed by atoms with E-state index in [1.165, 1.54) is 12.1 Å². The number of nitro benzene ring substituents is 1. The van der Waals surface area contributed by atoms with Gasteiger partial charge in [-0.25, -0.2) is 8.42 Å². The maximum absolute atomic E-state index is 12.6. The van der Waals surface area contributed by atoms with Crippen LogP contribution in [-0.4, -0.2) is 13.3 Å². The first kappa shape index (κ1) is 19.9. The standard InChI is InChI=1S/C18H12Cl2N2O5S/c19-12-5-10-17(15(20)11-12)27-18-4-2-1-3-16(18)21-28(25,26)14-8-6-13(7-9-14)22(23)24/h1-11,21H. The van der Waals surface area contributed by atoms with Crippen molar-refractivity contribution in [3.05, 3.63) is 86.9 Å². The maximum Gasteiger partial charge on any atom is 0.269 e. The van der Waals surface area contributed by atoms with Crippen molar-refractivity contribution in [3.8, 4) is 11.5 Å².